The van der Waals surface area contributed by atoms with Crippen LogP contribution in [0.5, 0.6) is 0 Å². The minimum Gasteiger partial charge on any atom is -0.310 e. The number of rotatable bonds is 6. The number of hydrogen-bond acceptors (Lipinski definition) is 1. The predicted octanol–water partition coefficient (Wildman–Crippen LogP) is 5.04. The summed E-state index contributed by atoms with van der Waals surface area (Å²) < 4.78 is 0. The molecule has 102 valence electrons. The molecule has 0 aliphatic heterocycles. The first-order valence-corrected chi connectivity index (χ1v) is 7.33. The van der Waals surface area contributed by atoms with Gasteiger partial charge in [0.15, 0.2) is 0 Å². The molecule has 1 N–H and O–H groups in total. The zero-order valence-corrected chi connectivity index (χ0v) is 13.1. The number of benzene rings is 1. The maximum atomic E-state index is 6.18. The third kappa shape index (κ3) is 4.29. The molecule has 1 atom stereocenters. The standard InChI is InChI=1S/C16H26ClN/c1-6-7-18-16(8-11(2)3)14-9-13(5)15(17)10-12(14)4/h9-11,16,18H,6-8H2,1-5H3. The van der Waals surface area contributed by atoms with Gasteiger partial charge >= 0.3 is 0 Å². The highest BCUT2D eigenvalue weighted by Crippen LogP contribution is 2.28. The van der Waals surface area contributed by atoms with Crippen molar-refractivity contribution >= 4 is 11.6 Å². The van der Waals surface area contributed by atoms with Crippen LogP contribution in [0.4, 0.5) is 0 Å². The first kappa shape index (κ1) is 15.5. The van der Waals surface area contributed by atoms with Crippen molar-refractivity contribution in [2.45, 2.75) is 53.5 Å². The maximum absolute atomic E-state index is 6.18. The molecular weight excluding hydrogens is 242 g/mol. The second-order valence-corrected chi connectivity index (χ2v) is 6.00. The zero-order valence-electron chi connectivity index (χ0n) is 12.3. The summed E-state index contributed by atoms with van der Waals surface area (Å²) in [5.74, 6) is 0.690. The van der Waals surface area contributed by atoms with E-state index in [0.29, 0.717) is 12.0 Å². The lowest BCUT2D eigenvalue weighted by Gasteiger charge is -2.23. The molecule has 1 rings (SSSR count). The van der Waals surface area contributed by atoms with Crippen molar-refractivity contribution in [2.24, 2.45) is 5.92 Å². The van der Waals surface area contributed by atoms with Gasteiger partial charge in [0.2, 0.25) is 0 Å². The van der Waals surface area contributed by atoms with Gasteiger partial charge in [-0.3, -0.25) is 0 Å². The molecule has 0 heterocycles. The van der Waals surface area contributed by atoms with Crippen molar-refractivity contribution < 1.29 is 0 Å². The van der Waals surface area contributed by atoms with Crippen LogP contribution in [0.25, 0.3) is 0 Å². The van der Waals surface area contributed by atoms with Crippen LogP contribution in [0.15, 0.2) is 12.1 Å². The normalized spacial score (nSPS) is 13.1. The Morgan fingerprint density at radius 3 is 2.39 bits per heavy atom. The van der Waals surface area contributed by atoms with E-state index < -0.39 is 0 Å². The van der Waals surface area contributed by atoms with Gasteiger partial charge in [0.05, 0.1) is 0 Å². The third-order valence-electron chi connectivity index (χ3n) is 3.27. The van der Waals surface area contributed by atoms with E-state index in [1.807, 2.05) is 0 Å². The highest BCUT2D eigenvalue weighted by atomic mass is 35.5. The Labute approximate surface area is 117 Å². The summed E-state index contributed by atoms with van der Waals surface area (Å²) in [7, 11) is 0. The van der Waals surface area contributed by atoms with Crippen molar-refractivity contribution in [1.82, 2.24) is 5.32 Å². The number of nitrogens with one attached hydrogen (secondary N) is 1. The van der Waals surface area contributed by atoms with Crippen LogP contribution in [0.1, 0.15) is 56.3 Å². The van der Waals surface area contributed by atoms with E-state index in [2.05, 4.69) is 52.1 Å². The molecule has 0 fully saturated rings. The van der Waals surface area contributed by atoms with E-state index in [1.54, 1.807) is 0 Å². The molecule has 18 heavy (non-hydrogen) atoms. The summed E-state index contributed by atoms with van der Waals surface area (Å²) >= 11 is 6.18. The molecule has 0 saturated heterocycles. The molecule has 1 unspecified atom stereocenters. The Balaban J connectivity index is 2.99. The van der Waals surface area contributed by atoms with Gasteiger partial charge in [0.1, 0.15) is 0 Å². The molecule has 1 aromatic rings. The second-order valence-electron chi connectivity index (χ2n) is 5.59. The Hall–Kier alpha value is -0.530. The van der Waals surface area contributed by atoms with Gasteiger partial charge in [-0.25, -0.2) is 0 Å². The van der Waals surface area contributed by atoms with Crippen LogP contribution >= 0.6 is 11.6 Å². The van der Waals surface area contributed by atoms with Crippen molar-refractivity contribution in [3.63, 3.8) is 0 Å². The van der Waals surface area contributed by atoms with Crippen molar-refractivity contribution in [2.75, 3.05) is 6.54 Å². The molecular formula is C16H26ClN. The lowest BCUT2D eigenvalue weighted by molar-refractivity contribution is 0.429. The SMILES string of the molecule is CCCNC(CC(C)C)c1cc(C)c(Cl)cc1C. The van der Waals surface area contributed by atoms with Gasteiger partial charge in [-0.2, -0.15) is 0 Å². The Morgan fingerprint density at radius 1 is 1.17 bits per heavy atom. The highest BCUT2D eigenvalue weighted by molar-refractivity contribution is 6.31. The van der Waals surface area contributed by atoms with Crippen LogP contribution in [0.3, 0.4) is 0 Å². The van der Waals surface area contributed by atoms with Crippen LogP contribution in [0.2, 0.25) is 5.02 Å². The van der Waals surface area contributed by atoms with E-state index in [4.69, 9.17) is 11.6 Å². The average molecular weight is 268 g/mol. The molecule has 1 nitrogen and oxygen atoms in total. The first-order valence-electron chi connectivity index (χ1n) is 6.95. The third-order valence-corrected chi connectivity index (χ3v) is 3.68. The second kappa shape index (κ2) is 7.16. The fraction of sp³-hybridized carbons (Fsp3) is 0.625. The smallest absolute Gasteiger partial charge is 0.0438 e. The van der Waals surface area contributed by atoms with E-state index in [0.717, 1.165) is 11.6 Å². The molecule has 1 aromatic carbocycles. The molecule has 0 aliphatic carbocycles. The molecule has 0 saturated carbocycles. The summed E-state index contributed by atoms with van der Waals surface area (Å²) in [5.41, 5.74) is 3.86. The molecule has 2 heteroatoms. The van der Waals surface area contributed by atoms with Gasteiger partial charge < -0.3 is 5.32 Å². The number of hydrogen-bond donors (Lipinski definition) is 1. The molecule has 0 spiro atoms. The first-order chi connectivity index (χ1) is 8.45. The summed E-state index contributed by atoms with van der Waals surface area (Å²) in [6.07, 6.45) is 2.34. The summed E-state index contributed by atoms with van der Waals surface area (Å²) in [5, 5.41) is 4.53. The fourth-order valence-electron chi connectivity index (χ4n) is 2.29. The Morgan fingerprint density at radius 2 is 1.83 bits per heavy atom. The monoisotopic (exact) mass is 267 g/mol. The van der Waals surface area contributed by atoms with Gasteiger partial charge in [0, 0.05) is 11.1 Å². The van der Waals surface area contributed by atoms with E-state index in [-0.39, 0.29) is 0 Å². The lowest BCUT2D eigenvalue weighted by atomic mass is 9.92. The average Bonchev–Trinajstić information content (AvgIpc) is 2.29. The maximum Gasteiger partial charge on any atom is 0.0438 e. The summed E-state index contributed by atoms with van der Waals surface area (Å²) in [4.78, 5) is 0. The number of halogens is 1. The number of aryl methyl sites for hydroxylation is 2. The van der Waals surface area contributed by atoms with Crippen LogP contribution < -0.4 is 5.32 Å². The quantitative estimate of drug-likeness (QED) is 0.761. The minimum absolute atomic E-state index is 0.445. The minimum atomic E-state index is 0.445. The zero-order chi connectivity index (χ0) is 13.7. The fourth-order valence-corrected chi connectivity index (χ4v) is 2.51. The van der Waals surface area contributed by atoms with Crippen LogP contribution in [0, 0.1) is 19.8 Å². The summed E-state index contributed by atoms with van der Waals surface area (Å²) in [6.45, 7) is 12.1. The summed E-state index contributed by atoms with van der Waals surface area (Å²) in [6, 6.07) is 4.78. The topological polar surface area (TPSA) is 12.0 Å². The van der Waals surface area contributed by atoms with Gasteiger partial charge in [0.25, 0.3) is 0 Å². The van der Waals surface area contributed by atoms with E-state index in [9.17, 15) is 0 Å². The van der Waals surface area contributed by atoms with Gasteiger partial charge in [-0.05, 0) is 61.9 Å². The molecule has 0 amide bonds. The molecule has 0 aromatic heterocycles. The van der Waals surface area contributed by atoms with Crippen molar-refractivity contribution in [1.29, 1.82) is 0 Å². The van der Waals surface area contributed by atoms with E-state index >= 15 is 0 Å². The van der Waals surface area contributed by atoms with Crippen molar-refractivity contribution in [3.05, 3.63) is 33.8 Å². The highest BCUT2D eigenvalue weighted by Gasteiger charge is 2.15. The molecule has 0 radical (unpaired) electrons. The van der Waals surface area contributed by atoms with Crippen LogP contribution in [-0.2, 0) is 0 Å². The Bertz CT molecular complexity index is 385. The predicted molar refractivity (Wildman–Crippen MR) is 81.4 cm³/mol. The lowest BCUT2D eigenvalue weighted by Crippen LogP contribution is -2.24. The molecule has 0 bridgehead atoms. The van der Waals surface area contributed by atoms with Gasteiger partial charge in [-0.1, -0.05) is 38.4 Å². The largest absolute Gasteiger partial charge is 0.310 e. The Kier molecular flexibility index (Phi) is 6.17. The van der Waals surface area contributed by atoms with Crippen LogP contribution in [-0.4, -0.2) is 6.54 Å². The molecule has 0 aliphatic rings. The van der Waals surface area contributed by atoms with E-state index in [1.165, 1.54) is 29.5 Å². The van der Waals surface area contributed by atoms with Gasteiger partial charge in [-0.15, -0.1) is 0 Å². The van der Waals surface area contributed by atoms with Crippen molar-refractivity contribution in [3.8, 4) is 0 Å².